The molecule has 0 saturated carbocycles. The van der Waals surface area contributed by atoms with E-state index in [-0.39, 0.29) is 23.4 Å². The van der Waals surface area contributed by atoms with Crippen molar-refractivity contribution in [3.63, 3.8) is 0 Å². The number of fused-ring (bicyclic) bond motifs is 1. The Hall–Kier alpha value is -2.81. The van der Waals surface area contributed by atoms with E-state index in [0.717, 1.165) is 5.69 Å². The lowest BCUT2D eigenvalue weighted by atomic mass is 10.2. The van der Waals surface area contributed by atoms with Crippen molar-refractivity contribution in [2.24, 2.45) is 0 Å². The molecule has 0 atom stereocenters. The lowest BCUT2D eigenvalue weighted by molar-refractivity contribution is -0.385. The van der Waals surface area contributed by atoms with Gasteiger partial charge in [-0.25, -0.2) is 4.98 Å². The number of nitrogens with zero attached hydrogens (tertiary/aromatic N) is 4. The van der Waals surface area contributed by atoms with Gasteiger partial charge in [-0.3, -0.25) is 24.1 Å². The van der Waals surface area contributed by atoms with Crippen LogP contribution in [0.2, 0.25) is 0 Å². The lowest BCUT2D eigenvalue weighted by Crippen LogP contribution is -2.23. The zero-order valence-electron chi connectivity index (χ0n) is 12.3. The molecule has 9 heteroatoms. The number of thiazole rings is 1. The summed E-state index contributed by atoms with van der Waals surface area (Å²) in [5, 5.41) is 12.8. The van der Waals surface area contributed by atoms with E-state index in [2.05, 4.69) is 4.98 Å². The van der Waals surface area contributed by atoms with Crippen LogP contribution in [0.15, 0.2) is 33.3 Å². The minimum absolute atomic E-state index is 0.00262. The Labute approximate surface area is 133 Å². The van der Waals surface area contributed by atoms with E-state index >= 15 is 0 Å². The summed E-state index contributed by atoms with van der Waals surface area (Å²) in [6.07, 6.45) is 1.18. The van der Waals surface area contributed by atoms with Crippen molar-refractivity contribution in [1.29, 1.82) is 0 Å². The van der Waals surface area contributed by atoms with Crippen LogP contribution in [0.3, 0.4) is 0 Å². The number of pyridine rings is 1. The van der Waals surface area contributed by atoms with Gasteiger partial charge in [-0.1, -0.05) is 0 Å². The molecule has 0 spiro atoms. The molecule has 0 aliphatic carbocycles. The number of rotatable bonds is 3. The monoisotopic (exact) mass is 332 g/mol. The van der Waals surface area contributed by atoms with Gasteiger partial charge in [-0.05, 0) is 13.8 Å². The zero-order valence-corrected chi connectivity index (χ0v) is 13.2. The summed E-state index contributed by atoms with van der Waals surface area (Å²) in [6.45, 7) is 3.32. The Bertz CT molecular complexity index is 1050. The molecule has 0 amide bonds. The third-order valence-electron chi connectivity index (χ3n) is 3.46. The summed E-state index contributed by atoms with van der Waals surface area (Å²) in [5.41, 5.74) is 0.716. The van der Waals surface area contributed by atoms with Crippen LogP contribution in [-0.4, -0.2) is 18.9 Å². The largest absolute Gasteiger partial charge is 0.303 e. The highest BCUT2D eigenvalue weighted by Crippen LogP contribution is 2.15. The smallest absolute Gasteiger partial charge is 0.288 e. The van der Waals surface area contributed by atoms with E-state index in [1.165, 1.54) is 45.6 Å². The van der Waals surface area contributed by atoms with E-state index in [4.69, 9.17) is 0 Å². The summed E-state index contributed by atoms with van der Waals surface area (Å²) in [6, 6.07) is 2.55. The van der Waals surface area contributed by atoms with E-state index in [0.29, 0.717) is 16.2 Å². The molecule has 0 aromatic carbocycles. The van der Waals surface area contributed by atoms with Crippen LogP contribution in [0.5, 0.6) is 0 Å². The van der Waals surface area contributed by atoms with E-state index in [1.54, 1.807) is 6.92 Å². The normalized spacial score (nSPS) is 11.0. The lowest BCUT2D eigenvalue weighted by Gasteiger charge is -2.06. The van der Waals surface area contributed by atoms with Crippen LogP contribution in [-0.2, 0) is 6.54 Å². The molecule has 0 N–H and O–H groups in total. The van der Waals surface area contributed by atoms with E-state index in [9.17, 15) is 19.7 Å². The summed E-state index contributed by atoms with van der Waals surface area (Å²) in [7, 11) is 0. The second kappa shape index (κ2) is 5.43. The first-order chi connectivity index (χ1) is 10.9. The Morgan fingerprint density at radius 3 is 2.70 bits per heavy atom. The predicted molar refractivity (Wildman–Crippen MR) is 85.3 cm³/mol. The molecule has 3 aromatic heterocycles. The molecule has 23 heavy (non-hydrogen) atoms. The van der Waals surface area contributed by atoms with Crippen LogP contribution in [0.25, 0.3) is 4.96 Å². The summed E-state index contributed by atoms with van der Waals surface area (Å²) in [4.78, 5) is 39.4. The maximum atomic E-state index is 12.1. The third kappa shape index (κ3) is 2.66. The maximum absolute atomic E-state index is 12.1. The Morgan fingerprint density at radius 2 is 2.00 bits per heavy atom. The molecule has 8 nitrogen and oxygen atoms in total. The van der Waals surface area contributed by atoms with E-state index < -0.39 is 4.92 Å². The second-order valence-corrected chi connectivity index (χ2v) is 5.98. The number of hydrogen-bond acceptors (Lipinski definition) is 6. The van der Waals surface area contributed by atoms with Crippen molar-refractivity contribution in [2.45, 2.75) is 20.4 Å². The summed E-state index contributed by atoms with van der Waals surface area (Å²) < 4.78 is 2.67. The number of aryl methyl sites for hydroxylation is 2. The predicted octanol–water partition coefficient (Wildman–Crippen LogP) is 1.49. The molecule has 3 heterocycles. The number of hydrogen-bond donors (Lipinski definition) is 0. The zero-order chi connectivity index (χ0) is 16.7. The van der Waals surface area contributed by atoms with Crippen molar-refractivity contribution in [3.8, 4) is 0 Å². The van der Waals surface area contributed by atoms with Crippen molar-refractivity contribution in [2.75, 3.05) is 0 Å². The van der Waals surface area contributed by atoms with Gasteiger partial charge in [0.25, 0.3) is 16.8 Å². The van der Waals surface area contributed by atoms with Crippen LogP contribution in [0, 0.1) is 24.0 Å². The van der Waals surface area contributed by atoms with Crippen LogP contribution in [0.4, 0.5) is 5.69 Å². The minimum atomic E-state index is -0.542. The Balaban J connectivity index is 2.09. The van der Waals surface area contributed by atoms with Crippen molar-refractivity contribution in [3.05, 3.63) is 71.5 Å². The number of aromatic nitrogens is 3. The summed E-state index contributed by atoms with van der Waals surface area (Å²) in [5.74, 6) is 0. The molecular formula is C14H12N4O4S. The molecule has 0 saturated heterocycles. The third-order valence-corrected chi connectivity index (χ3v) is 4.41. The fraction of sp³-hybridized carbons (Fsp3) is 0.214. The van der Waals surface area contributed by atoms with Gasteiger partial charge in [0.1, 0.15) is 0 Å². The Morgan fingerprint density at radius 1 is 1.26 bits per heavy atom. The van der Waals surface area contributed by atoms with Gasteiger partial charge < -0.3 is 4.57 Å². The molecular weight excluding hydrogens is 320 g/mol. The first kappa shape index (κ1) is 15.1. The second-order valence-electron chi connectivity index (χ2n) is 5.15. The number of nitro groups is 1. The maximum Gasteiger partial charge on any atom is 0.288 e. The first-order valence-corrected chi connectivity index (χ1v) is 7.57. The highest BCUT2D eigenvalue weighted by Gasteiger charge is 2.14. The standard InChI is InChI=1S/C14H12N4O4S/c1-8-3-12(19)16(6-11(8)18(21)22)5-10-4-13(20)17-9(2)7-23-14(17)15-10/h3-4,6-7H,5H2,1-2H3. The molecule has 118 valence electrons. The van der Waals surface area contributed by atoms with Crippen molar-refractivity contribution >= 4 is 22.0 Å². The van der Waals surface area contributed by atoms with Gasteiger partial charge >= 0.3 is 0 Å². The summed E-state index contributed by atoms with van der Waals surface area (Å²) >= 11 is 1.32. The molecule has 0 fully saturated rings. The van der Waals surface area contributed by atoms with E-state index in [1.807, 2.05) is 5.38 Å². The van der Waals surface area contributed by atoms with Crippen molar-refractivity contribution < 1.29 is 4.92 Å². The first-order valence-electron chi connectivity index (χ1n) is 6.69. The Kier molecular flexibility index (Phi) is 3.57. The molecule has 3 aromatic rings. The highest BCUT2D eigenvalue weighted by atomic mass is 32.1. The van der Waals surface area contributed by atoms with Crippen LogP contribution < -0.4 is 11.1 Å². The molecule has 0 unspecified atom stereocenters. The molecule has 0 bridgehead atoms. The molecule has 0 radical (unpaired) electrons. The highest BCUT2D eigenvalue weighted by molar-refractivity contribution is 7.15. The molecule has 0 aliphatic heterocycles. The average Bonchev–Trinajstić information content (AvgIpc) is 2.83. The minimum Gasteiger partial charge on any atom is -0.303 e. The SMILES string of the molecule is Cc1cc(=O)n(Cc2cc(=O)n3c(C)csc3n2)cc1[N+](=O)[O-]. The van der Waals surface area contributed by atoms with Crippen LogP contribution >= 0.6 is 11.3 Å². The van der Waals surface area contributed by atoms with Crippen molar-refractivity contribution in [1.82, 2.24) is 14.0 Å². The van der Waals surface area contributed by atoms with Gasteiger partial charge in [-0.2, -0.15) is 0 Å². The molecule has 0 aliphatic rings. The average molecular weight is 332 g/mol. The van der Waals surface area contributed by atoms with Gasteiger partial charge in [0, 0.05) is 28.8 Å². The fourth-order valence-corrected chi connectivity index (χ4v) is 3.22. The fourth-order valence-electron chi connectivity index (χ4n) is 2.33. The molecule has 3 rings (SSSR count). The topological polar surface area (TPSA) is 99.5 Å². The van der Waals surface area contributed by atoms with Gasteiger partial charge in [-0.15, -0.1) is 11.3 Å². The van der Waals surface area contributed by atoms with Crippen LogP contribution in [0.1, 0.15) is 17.0 Å². The van der Waals surface area contributed by atoms with Gasteiger partial charge in [0.15, 0.2) is 4.96 Å². The van der Waals surface area contributed by atoms with Gasteiger partial charge in [0.2, 0.25) is 0 Å². The van der Waals surface area contributed by atoms with Gasteiger partial charge in [0.05, 0.1) is 23.4 Å². The quantitative estimate of drug-likeness (QED) is 0.534.